The van der Waals surface area contributed by atoms with Crippen molar-refractivity contribution in [1.82, 2.24) is 20.4 Å². The fraction of sp³-hybridized carbons (Fsp3) is 0.286. The Morgan fingerprint density at radius 3 is 2.64 bits per heavy atom. The van der Waals surface area contributed by atoms with Gasteiger partial charge < -0.3 is 9.73 Å². The lowest BCUT2D eigenvalue weighted by atomic mass is 10.1. The van der Waals surface area contributed by atoms with E-state index in [4.69, 9.17) is 4.42 Å². The van der Waals surface area contributed by atoms with Crippen molar-refractivity contribution in [2.75, 3.05) is 5.32 Å². The van der Waals surface area contributed by atoms with Crippen LogP contribution < -0.4 is 5.32 Å². The van der Waals surface area contributed by atoms with Crippen LogP contribution in [0.25, 0.3) is 0 Å². The van der Waals surface area contributed by atoms with Gasteiger partial charge in [0.15, 0.2) is 4.34 Å². The van der Waals surface area contributed by atoms with Crippen molar-refractivity contribution in [2.24, 2.45) is 0 Å². The van der Waals surface area contributed by atoms with Crippen molar-refractivity contribution < 1.29 is 4.42 Å². The van der Waals surface area contributed by atoms with E-state index in [1.54, 1.807) is 6.92 Å². The van der Waals surface area contributed by atoms with Crippen LogP contribution in [-0.4, -0.2) is 20.4 Å². The molecule has 0 fully saturated rings. The number of nitrogens with one attached hydrogen (secondary N) is 1. The summed E-state index contributed by atoms with van der Waals surface area (Å²) >= 11 is 3.04. The van der Waals surface area contributed by atoms with Crippen LogP contribution in [0, 0.1) is 6.92 Å². The van der Waals surface area contributed by atoms with Gasteiger partial charge in [0.2, 0.25) is 16.9 Å². The molecule has 0 bridgehead atoms. The van der Waals surface area contributed by atoms with E-state index in [1.165, 1.54) is 28.7 Å². The predicted molar refractivity (Wildman–Crippen MR) is 87.6 cm³/mol. The molecule has 0 spiro atoms. The van der Waals surface area contributed by atoms with E-state index in [1.807, 2.05) is 12.1 Å². The van der Waals surface area contributed by atoms with Crippen LogP contribution in [0.15, 0.2) is 33.0 Å². The molecule has 0 saturated heterocycles. The zero-order valence-corrected chi connectivity index (χ0v) is 13.9. The smallest absolute Gasteiger partial charge is 0.226 e. The summed E-state index contributed by atoms with van der Waals surface area (Å²) in [7, 11) is 0. The van der Waals surface area contributed by atoms with E-state index < -0.39 is 0 Å². The summed E-state index contributed by atoms with van der Waals surface area (Å²) in [6.45, 7) is 3.92. The highest BCUT2D eigenvalue weighted by atomic mass is 32.2. The zero-order chi connectivity index (χ0) is 15.4. The van der Waals surface area contributed by atoms with Crippen LogP contribution in [0.5, 0.6) is 0 Å². The number of thioether (sulfide) groups is 1. The van der Waals surface area contributed by atoms with Crippen LogP contribution in [0.3, 0.4) is 0 Å². The Morgan fingerprint density at radius 1 is 1.14 bits per heavy atom. The third-order valence-electron chi connectivity index (χ3n) is 2.91. The standard InChI is InChI=1S/C14H15N5OS2/c1-3-10-4-6-11(7-5-10)15-13-18-19-14(22-13)21-8-12-17-16-9(2)20-12/h4-7H,3,8H2,1-2H3,(H,15,18). The van der Waals surface area contributed by atoms with Gasteiger partial charge in [-0.3, -0.25) is 0 Å². The second kappa shape index (κ2) is 6.89. The number of rotatable bonds is 6. The van der Waals surface area contributed by atoms with Crippen LogP contribution >= 0.6 is 23.1 Å². The molecule has 1 aromatic carbocycles. The van der Waals surface area contributed by atoms with Crippen LogP contribution in [0.2, 0.25) is 0 Å². The monoisotopic (exact) mass is 333 g/mol. The Labute approximate surface area is 136 Å². The summed E-state index contributed by atoms with van der Waals surface area (Å²) in [5.41, 5.74) is 2.33. The molecule has 0 amide bonds. The average Bonchev–Trinajstić information content (AvgIpc) is 3.15. The van der Waals surface area contributed by atoms with E-state index in [-0.39, 0.29) is 0 Å². The minimum atomic E-state index is 0.575. The molecule has 2 aromatic heterocycles. The van der Waals surface area contributed by atoms with Crippen molar-refractivity contribution in [1.29, 1.82) is 0 Å². The number of aromatic nitrogens is 4. The molecule has 3 rings (SSSR count). The number of benzene rings is 1. The van der Waals surface area contributed by atoms with Crippen molar-refractivity contribution in [2.45, 2.75) is 30.4 Å². The molecule has 0 radical (unpaired) electrons. The Balaban J connectivity index is 1.58. The first kappa shape index (κ1) is 15.0. The van der Waals surface area contributed by atoms with Crippen molar-refractivity contribution in [3.63, 3.8) is 0 Å². The first-order valence-electron chi connectivity index (χ1n) is 6.84. The second-order valence-electron chi connectivity index (χ2n) is 4.55. The van der Waals surface area contributed by atoms with Gasteiger partial charge in [0.1, 0.15) is 0 Å². The maximum atomic E-state index is 5.33. The normalized spacial score (nSPS) is 10.8. The van der Waals surface area contributed by atoms with E-state index >= 15 is 0 Å². The van der Waals surface area contributed by atoms with E-state index in [2.05, 4.69) is 44.8 Å². The summed E-state index contributed by atoms with van der Waals surface area (Å²) in [5.74, 6) is 1.77. The molecule has 0 atom stereocenters. The first-order valence-corrected chi connectivity index (χ1v) is 8.64. The largest absolute Gasteiger partial charge is 0.425 e. The molecule has 114 valence electrons. The highest BCUT2D eigenvalue weighted by Gasteiger charge is 2.08. The van der Waals surface area contributed by atoms with Crippen molar-refractivity contribution in [3.05, 3.63) is 41.6 Å². The van der Waals surface area contributed by atoms with Gasteiger partial charge in [-0.15, -0.1) is 20.4 Å². The van der Waals surface area contributed by atoms with Gasteiger partial charge in [-0.2, -0.15) is 0 Å². The number of nitrogens with zero attached hydrogens (tertiary/aromatic N) is 4. The Morgan fingerprint density at radius 2 is 1.95 bits per heavy atom. The third-order valence-corrected chi connectivity index (χ3v) is 4.86. The molecular weight excluding hydrogens is 318 g/mol. The van der Waals surface area contributed by atoms with E-state index in [9.17, 15) is 0 Å². The molecule has 8 heteroatoms. The fourth-order valence-corrected chi connectivity index (χ4v) is 3.39. The molecule has 22 heavy (non-hydrogen) atoms. The zero-order valence-electron chi connectivity index (χ0n) is 12.2. The molecule has 0 unspecified atom stereocenters. The molecule has 6 nitrogen and oxygen atoms in total. The van der Waals surface area contributed by atoms with Gasteiger partial charge in [-0.1, -0.05) is 42.2 Å². The number of hydrogen-bond acceptors (Lipinski definition) is 8. The molecule has 0 saturated carbocycles. The highest BCUT2D eigenvalue weighted by Crippen LogP contribution is 2.29. The Hall–Kier alpha value is -1.93. The molecule has 0 aliphatic rings. The molecule has 2 heterocycles. The minimum Gasteiger partial charge on any atom is -0.425 e. The van der Waals surface area contributed by atoms with Gasteiger partial charge in [-0.25, -0.2) is 0 Å². The second-order valence-corrected chi connectivity index (χ2v) is 6.75. The lowest BCUT2D eigenvalue weighted by Gasteiger charge is -2.02. The summed E-state index contributed by atoms with van der Waals surface area (Å²) < 4.78 is 6.19. The maximum Gasteiger partial charge on any atom is 0.226 e. The van der Waals surface area contributed by atoms with Crippen LogP contribution in [0.4, 0.5) is 10.8 Å². The summed E-state index contributed by atoms with van der Waals surface area (Å²) in [4.78, 5) is 0. The molecule has 3 aromatic rings. The van der Waals surface area contributed by atoms with Gasteiger partial charge in [-0.05, 0) is 24.1 Å². The van der Waals surface area contributed by atoms with Gasteiger partial charge in [0, 0.05) is 12.6 Å². The first-order chi connectivity index (χ1) is 10.7. The van der Waals surface area contributed by atoms with Crippen molar-refractivity contribution >= 4 is 33.9 Å². The lowest BCUT2D eigenvalue weighted by Crippen LogP contribution is -1.89. The molecule has 0 aliphatic heterocycles. The third kappa shape index (κ3) is 3.83. The van der Waals surface area contributed by atoms with E-state index in [0.29, 0.717) is 17.5 Å². The summed E-state index contributed by atoms with van der Waals surface area (Å²) in [6, 6.07) is 8.32. The van der Waals surface area contributed by atoms with Crippen LogP contribution in [-0.2, 0) is 12.2 Å². The lowest BCUT2D eigenvalue weighted by molar-refractivity contribution is 0.485. The highest BCUT2D eigenvalue weighted by molar-refractivity contribution is 8.00. The van der Waals surface area contributed by atoms with Gasteiger partial charge >= 0.3 is 0 Å². The van der Waals surface area contributed by atoms with Crippen molar-refractivity contribution in [3.8, 4) is 0 Å². The maximum absolute atomic E-state index is 5.33. The molecule has 0 aliphatic carbocycles. The fourth-order valence-electron chi connectivity index (χ4n) is 1.79. The molecular formula is C14H15N5OS2. The Kier molecular flexibility index (Phi) is 4.69. The summed E-state index contributed by atoms with van der Waals surface area (Å²) in [6.07, 6.45) is 1.04. The number of anilines is 2. The topological polar surface area (TPSA) is 76.7 Å². The van der Waals surface area contributed by atoms with E-state index in [0.717, 1.165) is 21.6 Å². The minimum absolute atomic E-state index is 0.575. The van der Waals surface area contributed by atoms with Crippen LogP contribution in [0.1, 0.15) is 24.3 Å². The summed E-state index contributed by atoms with van der Waals surface area (Å²) in [5, 5.41) is 20.1. The quantitative estimate of drug-likeness (QED) is 0.687. The SMILES string of the molecule is CCc1ccc(Nc2nnc(SCc3nnc(C)o3)s2)cc1. The molecule has 1 N–H and O–H groups in total. The Bertz CT molecular complexity index is 738. The number of hydrogen-bond donors (Lipinski definition) is 1. The van der Waals surface area contributed by atoms with Gasteiger partial charge in [0.05, 0.1) is 5.75 Å². The number of aryl methyl sites for hydroxylation is 2. The predicted octanol–water partition coefficient (Wildman–Crippen LogP) is 3.83. The average molecular weight is 333 g/mol. The van der Waals surface area contributed by atoms with Gasteiger partial charge in [0.25, 0.3) is 0 Å².